The van der Waals surface area contributed by atoms with E-state index in [-0.39, 0.29) is 43.8 Å². The molecule has 0 spiro atoms. The molecule has 0 aliphatic carbocycles. The van der Waals surface area contributed by atoms with Gasteiger partial charge in [0.05, 0.1) is 29.1 Å². The van der Waals surface area contributed by atoms with E-state index in [9.17, 15) is 18.0 Å². The van der Waals surface area contributed by atoms with Crippen molar-refractivity contribution in [1.29, 1.82) is 0 Å². The first-order chi connectivity index (χ1) is 17.4. The number of hydrogen-bond acceptors (Lipinski definition) is 5. The van der Waals surface area contributed by atoms with Crippen molar-refractivity contribution in [2.75, 3.05) is 24.2 Å². The molecule has 0 saturated heterocycles. The molecule has 0 fully saturated rings. The van der Waals surface area contributed by atoms with Crippen molar-refractivity contribution < 1.29 is 22.7 Å². The van der Waals surface area contributed by atoms with Gasteiger partial charge in [-0.25, -0.2) is 8.42 Å². The molecule has 2 aromatic carbocycles. The van der Waals surface area contributed by atoms with Crippen molar-refractivity contribution in [2.45, 2.75) is 58.7 Å². The first kappa shape index (κ1) is 30.7. The highest BCUT2D eigenvalue weighted by atomic mass is 35.5. The maximum Gasteiger partial charge on any atom is 0.243 e. The lowest BCUT2D eigenvalue weighted by Gasteiger charge is -2.31. The monoisotopic (exact) mass is 571 g/mol. The number of hydrogen-bond donors (Lipinski definition) is 1. The Morgan fingerprint density at radius 3 is 2.35 bits per heavy atom. The average molecular weight is 573 g/mol. The normalized spacial score (nSPS) is 12.2. The van der Waals surface area contributed by atoms with E-state index in [0.29, 0.717) is 27.9 Å². The van der Waals surface area contributed by atoms with Gasteiger partial charge in [-0.1, -0.05) is 42.3 Å². The predicted octanol–water partition coefficient (Wildman–Crippen LogP) is 4.88. The van der Waals surface area contributed by atoms with Crippen LogP contribution in [0.1, 0.15) is 45.6 Å². The zero-order valence-corrected chi connectivity index (χ0v) is 24.2. The molecule has 1 atom stereocenters. The zero-order chi connectivity index (χ0) is 27.8. The molecule has 0 saturated carbocycles. The summed E-state index contributed by atoms with van der Waals surface area (Å²) in [6.07, 6.45) is 1.82. The molecule has 0 radical (unpaired) electrons. The number of amides is 2. The lowest BCUT2D eigenvalue weighted by Crippen LogP contribution is -2.50. The Morgan fingerprint density at radius 2 is 1.78 bits per heavy atom. The molecule has 2 amide bonds. The predicted molar refractivity (Wildman–Crippen MR) is 149 cm³/mol. The largest absolute Gasteiger partial charge is 0.497 e. The van der Waals surface area contributed by atoms with E-state index in [1.807, 2.05) is 20.8 Å². The van der Waals surface area contributed by atoms with Gasteiger partial charge in [-0.2, -0.15) is 0 Å². The van der Waals surface area contributed by atoms with Gasteiger partial charge in [0, 0.05) is 31.6 Å². The standard InChI is InChI=1S/C26H35Cl2N3O5S/c1-6-24(26(33)29-18(2)3)30(17-19-12-13-22(27)23(28)15-19)25(32)11-8-14-31(37(5,34)35)20-9-7-10-21(16-20)36-4/h7,9-10,12-13,15-16,18,24H,6,8,11,14,17H2,1-5H3,(H,29,33)/t24-/m1/s1. The molecule has 0 bridgehead atoms. The van der Waals surface area contributed by atoms with Gasteiger partial charge < -0.3 is 15.0 Å². The SMILES string of the molecule is CC[C@H](C(=O)NC(C)C)N(Cc1ccc(Cl)c(Cl)c1)C(=O)CCCN(c1cccc(OC)c1)S(C)(=O)=O. The summed E-state index contributed by atoms with van der Waals surface area (Å²) in [6.45, 7) is 5.80. The minimum atomic E-state index is -3.60. The van der Waals surface area contributed by atoms with Crippen LogP contribution < -0.4 is 14.4 Å². The number of carbonyl (C=O) groups excluding carboxylic acids is 2. The van der Waals surface area contributed by atoms with Crippen LogP contribution in [0.25, 0.3) is 0 Å². The van der Waals surface area contributed by atoms with Crippen LogP contribution in [0, 0.1) is 0 Å². The Kier molecular flexibility index (Phi) is 11.5. The van der Waals surface area contributed by atoms with E-state index in [2.05, 4.69) is 5.32 Å². The number of sulfonamides is 1. The molecular weight excluding hydrogens is 537 g/mol. The minimum Gasteiger partial charge on any atom is -0.497 e. The summed E-state index contributed by atoms with van der Waals surface area (Å²) in [7, 11) is -2.10. The number of ether oxygens (including phenoxy) is 1. The summed E-state index contributed by atoms with van der Waals surface area (Å²) in [5.74, 6) is 0.00737. The molecule has 11 heteroatoms. The van der Waals surface area contributed by atoms with Crippen LogP contribution in [-0.4, -0.2) is 57.1 Å². The first-order valence-corrected chi connectivity index (χ1v) is 14.6. The summed E-state index contributed by atoms with van der Waals surface area (Å²) in [5, 5.41) is 3.63. The van der Waals surface area contributed by atoms with Crippen LogP contribution in [0.3, 0.4) is 0 Å². The van der Waals surface area contributed by atoms with Crippen molar-refractivity contribution in [1.82, 2.24) is 10.2 Å². The average Bonchev–Trinajstić information content (AvgIpc) is 2.82. The Labute approximate surface area is 229 Å². The number of methoxy groups -OCH3 is 1. The van der Waals surface area contributed by atoms with Gasteiger partial charge in [0.15, 0.2) is 0 Å². The van der Waals surface area contributed by atoms with Gasteiger partial charge in [-0.15, -0.1) is 0 Å². The lowest BCUT2D eigenvalue weighted by atomic mass is 10.1. The number of anilines is 1. The van der Waals surface area contributed by atoms with Gasteiger partial charge >= 0.3 is 0 Å². The highest BCUT2D eigenvalue weighted by Gasteiger charge is 2.29. The van der Waals surface area contributed by atoms with Gasteiger partial charge in [0.2, 0.25) is 21.8 Å². The molecule has 0 heterocycles. The second kappa shape index (κ2) is 13.9. The van der Waals surface area contributed by atoms with Crippen molar-refractivity contribution in [3.05, 3.63) is 58.1 Å². The quantitative estimate of drug-likeness (QED) is 0.369. The van der Waals surface area contributed by atoms with Crippen molar-refractivity contribution in [3.63, 3.8) is 0 Å². The molecule has 1 N–H and O–H groups in total. The van der Waals surface area contributed by atoms with Crippen LogP contribution >= 0.6 is 23.2 Å². The molecule has 0 aliphatic heterocycles. The van der Waals surface area contributed by atoms with E-state index in [4.69, 9.17) is 27.9 Å². The Morgan fingerprint density at radius 1 is 1.08 bits per heavy atom. The lowest BCUT2D eigenvalue weighted by molar-refractivity contribution is -0.141. The van der Waals surface area contributed by atoms with Crippen LogP contribution in [0.5, 0.6) is 5.75 Å². The number of carbonyl (C=O) groups is 2. The smallest absolute Gasteiger partial charge is 0.243 e. The van der Waals surface area contributed by atoms with Crippen LogP contribution in [0.4, 0.5) is 5.69 Å². The highest BCUT2D eigenvalue weighted by Crippen LogP contribution is 2.26. The summed E-state index contributed by atoms with van der Waals surface area (Å²) in [5.41, 5.74) is 1.18. The van der Waals surface area contributed by atoms with E-state index in [0.717, 1.165) is 11.8 Å². The van der Waals surface area contributed by atoms with Crippen molar-refractivity contribution >= 4 is 50.7 Å². The molecule has 0 unspecified atom stereocenters. The minimum absolute atomic E-state index is 0.0444. The van der Waals surface area contributed by atoms with E-state index in [1.165, 1.54) is 16.3 Å². The fraction of sp³-hybridized carbons (Fsp3) is 0.462. The van der Waals surface area contributed by atoms with Crippen LogP contribution in [0.15, 0.2) is 42.5 Å². The summed E-state index contributed by atoms with van der Waals surface area (Å²) < 4.78 is 31.5. The van der Waals surface area contributed by atoms with E-state index in [1.54, 1.807) is 42.5 Å². The fourth-order valence-corrected chi connectivity index (χ4v) is 5.18. The maximum absolute atomic E-state index is 13.5. The van der Waals surface area contributed by atoms with Crippen molar-refractivity contribution in [2.24, 2.45) is 0 Å². The van der Waals surface area contributed by atoms with Gasteiger partial charge in [0.25, 0.3) is 0 Å². The summed E-state index contributed by atoms with van der Waals surface area (Å²) >= 11 is 12.2. The Balaban J connectivity index is 2.25. The van der Waals surface area contributed by atoms with E-state index >= 15 is 0 Å². The van der Waals surface area contributed by atoms with Crippen LogP contribution in [-0.2, 0) is 26.2 Å². The summed E-state index contributed by atoms with van der Waals surface area (Å²) in [6, 6.07) is 11.0. The van der Waals surface area contributed by atoms with Gasteiger partial charge in [0.1, 0.15) is 11.8 Å². The summed E-state index contributed by atoms with van der Waals surface area (Å²) in [4.78, 5) is 27.9. The Bertz CT molecular complexity index is 1190. The maximum atomic E-state index is 13.5. The second-order valence-electron chi connectivity index (χ2n) is 9.00. The number of halogens is 2. The number of nitrogens with one attached hydrogen (secondary N) is 1. The zero-order valence-electron chi connectivity index (χ0n) is 21.8. The molecule has 0 aromatic heterocycles. The Hall–Kier alpha value is -2.49. The van der Waals surface area contributed by atoms with Gasteiger partial charge in [-0.05, 0) is 56.5 Å². The number of rotatable bonds is 13. The second-order valence-corrected chi connectivity index (χ2v) is 11.7. The van der Waals surface area contributed by atoms with Crippen LogP contribution in [0.2, 0.25) is 10.0 Å². The molecule has 2 rings (SSSR count). The molecule has 0 aliphatic rings. The molecule has 204 valence electrons. The molecule has 37 heavy (non-hydrogen) atoms. The van der Waals surface area contributed by atoms with E-state index < -0.39 is 16.1 Å². The third-order valence-electron chi connectivity index (χ3n) is 5.65. The molecular formula is C26H35Cl2N3O5S. The molecule has 8 nitrogen and oxygen atoms in total. The number of benzene rings is 2. The third kappa shape index (κ3) is 9.09. The molecule has 2 aromatic rings. The highest BCUT2D eigenvalue weighted by molar-refractivity contribution is 7.92. The number of nitrogens with zero attached hydrogens (tertiary/aromatic N) is 2. The van der Waals surface area contributed by atoms with Gasteiger partial charge in [-0.3, -0.25) is 13.9 Å². The first-order valence-electron chi connectivity index (χ1n) is 12.0. The van der Waals surface area contributed by atoms with Crippen molar-refractivity contribution in [3.8, 4) is 5.75 Å². The fourth-order valence-electron chi connectivity index (χ4n) is 3.90. The third-order valence-corrected chi connectivity index (χ3v) is 7.58. The topological polar surface area (TPSA) is 96.0 Å².